The molecule has 1 aliphatic carbocycles. The maximum absolute atomic E-state index is 12.4. The molecule has 3 rings (SSSR count). The highest BCUT2D eigenvalue weighted by Gasteiger charge is 2.34. The van der Waals surface area contributed by atoms with Crippen LogP contribution in [-0.2, 0) is 14.6 Å². The zero-order chi connectivity index (χ0) is 14.0. The Hall–Kier alpha value is -1.15. The largest absolute Gasteiger partial charge is 0.394 e. The first kappa shape index (κ1) is 13.8. The first-order chi connectivity index (χ1) is 9.68. The SMILES string of the molecule is O=S(=O)(c1nnc(N2CCOCC2)o1)C1CCCCC1. The minimum absolute atomic E-state index is 0.231. The molecule has 0 atom stereocenters. The summed E-state index contributed by atoms with van der Waals surface area (Å²) in [4.78, 5) is 1.86. The van der Waals surface area contributed by atoms with Crippen LogP contribution in [0.1, 0.15) is 32.1 Å². The van der Waals surface area contributed by atoms with E-state index in [1.54, 1.807) is 0 Å². The Morgan fingerprint density at radius 1 is 1.05 bits per heavy atom. The van der Waals surface area contributed by atoms with Gasteiger partial charge in [-0.15, -0.1) is 0 Å². The highest BCUT2D eigenvalue weighted by molar-refractivity contribution is 7.91. The average Bonchev–Trinajstić information content (AvgIpc) is 3.00. The van der Waals surface area contributed by atoms with Crippen molar-refractivity contribution in [1.29, 1.82) is 0 Å². The Kier molecular flexibility index (Phi) is 3.93. The van der Waals surface area contributed by atoms with Crippen molar-refractivity contribution in [3.63, 3.8) is 0 Å². The number of aromatic nitrogens is 2. The second kappa shape index (κ2) is 5.69. The third-order valence-electron chi connectivity index (χ3n) is 3.91. The maximum atomic E-state index is 12.4. The van der Waals surface area contributed by atoms with Crippen LogP contribution in [0.3, 0.4) is 0 Å². The lowest BCUT2D eigenvalue weighted by Crippen LogP contribution is -2.36. The van der Waals surface area contributed by atoms with E-state index in [0.717, 1.165) is 19.3 Å². The number of sulfone groups is 1. The van der Waals surface area contributed by atoms with Gasteiger partial charge in [0.1, 0.15) is 0 Å². The fraction of sp³-hybridized carbons (Fsp3) is 0.833. The molecule has 1 aromatic heterocycles. The number of nitrogens with zero attached hydrogens (tertiary/aromatic N) is 3. The van der Waals surface area contributed by atoms with Crippen LogP contribution >= 0.6 is 0 Å². The van der Waals surface area contributed by atoms with Gasteiger partial charge in [-0.2, -0.15) is 0 Å². The first-order valence-corrected chi connectivity index (χ1v) is 8.62. The Bertz CT molecular complexity index is 545. The average molecular weight is 301 g/mol. The molecule has 1 aliphatic heterocycles. The van der Waals surface area contributed by atoms with Gasteiger partial charge in [0.05, 0.1) is 18.5 Å². The number of hydrogen-bond acceptors (Lipinski definition) is 7. The Labute approximate surface area is 118 Å². The standard InChI is InChI=1S/C12H19N3O4S/c16-20(17,10-4-2-1-3-5-10)12-14-13-11(19-12)15-6-8-18-9-7-15/h10H,1-9H2. The van der Waals surface area contributed by atoms with E-state index in [1.807, 2.05) is 4.90 Å². The zero-order valence-corrected chi connectivity index (χ0v) is 12.1. The van der Waals surface area contributed by atoms with E-state index in [0.29, 0.717) is 39.1 Å². The third kappa shape index (κ3) is 2.67. The number of anilines is 1. The molecule has 1 saturated heterocycles. The summed E-state index contributed by atoms with van der Waals surface area (Å²) >= 11 is 0. The molecule has 0 amide bonds. The Balaban J connectivity index is 1.78. The highest BCUT2D eigenvalue weighted by Crippen LogP contribution is 2.29. The predicted octanol–water partition coefficient (Wildman–Crippen LogP) is 1.01. The maximum Gasteiger partial charge on any atom is 0.337 e. The van der Waals surface area contributed by atoms with Crippen molar-refractivity contribution in [3.8, 4) is 0 Å². The van der Waals surface area contributed by atoms with Gasteiger partial charge in [-0.3, -0.25) is 0 Å². The van der Waals surface area contributed by atoms with Crippen LogP contribution in [0.4, 0.5) is 6.01 Å². The molecular weight excluding hydrogens is 282 g/mol. The zero-order valence-electron chi connectivity index (χ0n) is 11.3. The Morgan fingerprint density at radius 2 is 1.75 bits per heavy atom. The number of hydrogen-bond donors (Lipinski definition) is 0. The van der Waals surface area contributed by atoms with Crippen LogP contribution in [0.2, 0.25) is 0 Å². The molecule has 7 nitrogen and oxygen atoms in total. The van der Waals surface area contributed by atoms with Gasteiger partial charge in [0.15, 0.2) is 0 Å². The molecule has 0 spiro atoms. The minimum Gasteiger partial charge on any atom is -0.394 e. The van der Waals surface area contributed by atoms with Crippen LogP contribution in [-0.4, -0.2) is 50.2 Å². The Morgan fingerprint density at radius 3 is 2.45 bits per heavy atom. The molecule has 0 aromatic carbocycles. The monoisotopic (exact) mass is 301 g/mol. The van der Waals surface area contributed by atoms with Crippen molar-refractivity contribution in [3.05, 3.63) is 0 Å². The van der Waals surface area contributed by atoms with Gasteiger partial charge in [-0.05, 0) is 12.8 Å². The highest BCUT2D eigenvalue weighted by atomic mass is 32.2. The molecular formula is C12H19N3O4S. The van der Waals surface area contributed by atoms with Gasteiger partial charge in [-0.1, -0.05) is 29.5 Å². The van der Waals surface area contributed by atoms with Gasteiger partial charge in [0.2, 0.25) is 9.84 Å². The van der Waals surface area contributed by atoms with E-state index in [2.05, 4.69) is 10.2 Å². The molecule has 0 unspecified atom stereocenters. The lowest BCUT2D eigenvalue weighted by Gasteiger charge is -2.24. The minimum atomic E-state index is -3.48. The second-order valence-electron chi connectivity index (χ2n) is 5.25. The van der Waals surface area contributed by atoms with Gasteiger partial charge in [-0.25, -0.2) is 8.42 Å². The van der Waals surface area contributed by atoms with Crippen LogP contribution in [0.15, 0.2) is 9.64 Å². The van der Waals surface area contributed by atoms with Crippen LogP contribution in [0, 0.1) is 0 Å². The van der Waals surface area contributed by atoms with Crippen LogP contribution < -0.4 is 4.90 Å². The van der Waals surface area contributed by atoms with Gasteiger partial charge in [0, 0.05) is 13.1 Å². The molecule has 0 radical (unpaired) electrons. The number of ether oxygens (including phenoxy) is 1. The summed E-state index contributed by atoms with van der Waals surface area (Å²) in [5, 5.41) is 7.03. The third-order valence-corrected chi connectivity index (χ3v) is 5.91. The molecule has 20 heavy (non-hydrogen) atoms. The molecule has 112 valence electrons. The van der Waals surface area contributed by atoms with E-state index in [4.69, 9.17) is 9.15 Å². The summed E-state index contributed by atoms with van der Waals surface area (Å²) in [5.74, 6) is 0. The lowest BCUT2D eigenvalue weighted by atomic mass is 10.0. The van der Waals surface area contributed by atoms with Crippen molar-refractivity contribution in [2.45, 2.75) is 42.6 Å². The van der Waals surface area contributed by atoms with Crippen molar-refractivity contribution in [2.24, 2.45) is 0 Å². The fourth-order valence-electron chi connectivity index (χ4n) is 2.72. The van der Waals surface area contributed by atoms with Gasteiger partial charge in [0.25, 0.3) is 0 Å². The summed E-state index contributed by atoms with van der Waals surface area (Å²) in [5.41, 5.74) is 0. The second-order valence-corrected chi connectivity index (χ2v) is 7.36. The molecule has 2 heterocycles. The van der Waals surface area contributed by atoms with Crippen molar-refractivity contribution in [2.75, 3.05) is 31.2 Å². The summed E-state index contributed by atoms with van der Waals surface area (Å²) in [6, 6.07) is 0.280. The van der Waals surface area contributed by atoms with Crippen molar-refractivity contribution < 1.29 is 17.6 Å². The smallest absolute Gasteiger partial charge is 0.337 e. The normalized spacial score (nSPS) is 22.1. The van der Waals surface area contributed by atoms with Gasteiger partial charge >= 0.3 is 11.2 Å². The fourth-order valence-corrected chi connectivity index (χ4v) is 4.30. The van der Waals surface area contributed by atoms with E-state index in [-0.39, 0.29) is 16.5 Å². The van der Waals surface area contributed by atoms with E-state index < -0.39 is 9.84 Å². The first-order valence-electron chi connectivity index (χ1n) is 7.08. The number of rotatable bonds is 3. The van der Waals surface area contributed by atoms with Crippen LogP contribution in [0.25, 0.3) is 0 Å². The molecule has 1 saturated carbocycles. The molecule has 8 heteroatoms. The summed E-state index contributed by atoms with van der Waals surface area (Å²) < 4.78 is 35.5. The number of morpholine rings is 1. The predicted molar refractivity (Wildman–Crippen MR) is 71.4 cm³/mol. The van der Waals surface area contributed by atoms with Crippen molar-refractivity contribution in [1.82, 2.24) is 10.2 Å². The quantitative estimate of drug-likeness (QED) is 0.823. The van der Waals surface area contributed by atoms with E-state index in [9.17, 15) is 8.42 Å². The molecule has 1 aromatic rings. The summed E-state index contributed by atoms with van der Waals surface area (Å²) in [6.07, 6.45) is 4.40. The topological polar surface area (TPSA) is 85.5 Å². The molecule has 0 bridgehead atoms. The summed E-state index contributed by atoms with van der Waals surface area (Å²) in [6.45, 7) is 2.47. The van der Waals surface area contributed by atoms with E-state index in [1.165, 1.54) is 0 Å². The molecule has 2 fully saturated rings. The summed E-state index contributed by atoms with van der Waals surface area (Å²) in [7, 11) is -3.48. The van der Waals surface area contributed by atoms with Crippen molar-refractivity contribution >= 4 is 15.9 Å². The lowest BCUT2D eigenvalue weighted by molar-refractivity contribution is 0.120. The van der Waals surface area contributed by atoms with Gasteiger partial charge < -0.3 is 14.1 Å². The van der Waals surface area contributed by atoms with E-state index >= 15 is 0 Å². The molecule has 0 N–H and O–H groups in total. The van der Waals surface area contributed by atoms with Crippen LogP contribution in [0.5, 0.6) is 0 Å². The molecule has 2 aliphatic rings.